The normalized spacial score (nSPS) is 19.7. The fourth-order valence-corrected chi connectivity index (χ4v) is 3.28. The van der Waals surface area contributed by atoms with E-state index in [-0.39, 0.29) is 0 Å². The smallest absolute Gasteiger partial charge is 0.0470 e. The standard InChI is InChI=1S/C17H28N2/c1-14-10-15(2)12-16(11-14)17(13-18)19-8-6-4-3-5-7-9-19/h10-12,17H,3-9,13,18H2,1-2H3. The molecule has 0 spiro atoms. The average molecular weight is 260 g/mol. The summed E-state index contributed by atoms with van der Waals surface area (Å²) >= 11 is 0. The lowest BCUT2D eigenvalue weighted by Gasteiger charge is -2.33. The van der Waals surface area contributed by atoms with Crippen molar-refractivity contribution in [3.05, 3.63) is 34.9 Å². The number of likely N-dealkylation sites (tertiary alicyclic amines) is 1. The highest BCUT2D eigenvalue weighted by Crippen LogP contribution is 2.24. The molecule has 0 amide bonds. The van der Waals surface area contributed by atoms with Crippen molar-refractivity contribution >= 4 is 0 Å². The van der Waals surface area contributed by atoms with E-state index in [2.05, 4.69) is 36.9 Å². The second-order valence-electron chi connectivity index (χ2n) is 5.98. The van der Waals surface area contributed by atoms with E-state index in [1.807, 2.05) is 0 Å². The molecule has 1 aliphatic heterocycles. The minimum Gasteiger partial charge on any atom is -0.329 e. The van der Waals surface area contributed by atoms with Crippen LogP contribution in [-0.2, 0) is 0 Å². The molecule has 0 saturated carbocycles. The maximum absolute atomic E-state index is 6.08. The van der Waals surface area contributed by atoms with Crippen LogP contribution in [0.25, 0.3) is 0 Å². The van der Waals surface area contributed by atoms with Gasteiger partial charge in [0.1, 0.15) is 0 Å². The summed E-state index contributed by atoms with van der Waals surface area (Å²) in [6, 6.07) is 7.26. The second kappa shape index (κ2) is 7.06. The van der Waals surface area contributed by atoms with Crippen molar-refractivity contribution in [3.8, 4) is 0 Å². The molecule has 2 N–H and O–H groups in total. The van der Waals surface area contributed by atoms with Gasteiger partial charge in [-0.15, -0.1) is 0 Å². The number of rotatable bonds is 3. The Morgan fingerprint density at radius 3 is 2.00 bits per heavy atom. The van der Waals surface area contributed by atoms with Crippen molar-refractivity contribution in [1.29, 1.82) is 0 Å². The van der Waals surface area contributed by atoms with Crippen LogP contribution in [0.2, 0.25) is 0 Å². The van der Waals surface area contributed by atoms with E-state index in [0.29, 0.717) is 6.04 Å². The van der Waals surface area contributed by atoms with Crippen LogP contribution in [0, 0.1) is 13.8 Å². The van der Waals surface area contributed by atoms with Gasteiger partial charge < -0.3 is 5.73 Å². The van der Waals surface area contributed by atoms with Gasteiger partial charge >= 0.3 is 0 Å². The topological polar surface area (TPSA) is 29.3 Å². The lowest BCUT2D eigenvalue weighted by molar-refractivity contribution is 0.183. The van der Waals surface area contributed by atoms with Crippen LogP contribution in [0.15, 0.2) is 18.2 Å². The van der Waals surface area contributed by atoms with Gasteiger partial charge in [0.15, 0.2) is 0 Å². The van der Waals surface area contributed by atoms with E-state index in [1.54, 1.807) is 0 Å². The maximum atomic E-state index is 6.08. The second-order valence-corrected chi connectivity index (χ2v) is 5.98. The molecule has 19 heavy (non-hydrogen) atoms. The first-order chi connectivity index (χ1) is 9.20. The Bertz CT molecular complexity index is 372. The molecule has 1 saturated heterocycles. The van der Waals surface area contributed by atoms with Gasteiger partial charge in [-0.2, -0.15) is 0 Å². The molecule has 0 aromatic heterocycles. The van der Waals surface area contributed by atoms with Crippen LogP contribution in [0.3, 0.4) is 0 Å². The van der Waals surface area contributed by atoms with E-state index in [9.17, 15) is 0 Å². The van der Waals surface area contributed by atoms with Gasteiger partial charge in [-0.1, -0.05) is 48.6 Å². The molecular formula is C17H28N2. The summed E-state index contributed by atoms with van der Waals surface area (Å²) in [4.78, 5) is 2.60. The van der Waals surface area contributed by atoms with Crippen LogP contribution in [0.4, 0.5) is 0 Å². The first-order valence-electron chi connectivity index (χ1n) is 7.73. The number of aryl methyl sites for hydroxylation is 2. The summed E-state index contributed by atoms with van der Waals surface area (Å²) in [5, 5.41) is 0. The highest BCUT2D eigenvalue weighted by atomic mass is 15.2. The molecular weight excluding hydrogens is 232 g/mol. The first kappa shape index (κ1) is 14.5. The average Bonchev–Trinajstić information content (AvgIpc) is 2.31. The lowest BCUT2D eigenvalue weighted by Crippen LogP contribution is -2.36. The van der Waals surface area contributed by atoms with Crippen molar-refractivity contribution < 1.29 is 0 Å². The van der Waals surface area contributed by atoms with Crippen molar-refractivity contribution in [2.75, 3.05) is 19.6 Å². The van der Waals surface area contributed by atoms with Gasteiger partial charge in [-0.25, -0.2) is 0 Å². The fraction of sp³-hybridized carbons (Fsp3) is 0.647. The SMILES string of the molecule is Cc1cc(C)cc(C(CN)N2CCCCCCC2)c1. The zero-order valence-corrected chi connectivity index (χ0v) is 12.5. The Kier molecular flexibility index (Phi) is 5.41. The maximum Gasteiger partial charge on any atom is 0.0470 e. The molecule has 0 bridgehead atoms. The zero-order chi connectivity index (χ0) is 13.7. The zero-order valence-electron chi connectivity index (χ0n) is 12.5. The van der Waals surface area contributed by atoms with E-state index in [1.165, 1.54) is 61.9 Å². The predicted octanol–water partition coefficient (Wildman–Crippen LogP) is 3.57. The molecule has 1 atom stereocenters. The minimum absolute atomic E-state index is 0.400. The number of nitrogens with zero attached hydrogens (tertiary/aromatic N) is 1. The van der Waals surface area contributed by atoms with Crippen LogP contribution < -0.4 is 5.73 Å². The molecule has 1 aliphatic rings. The summed E-state index contributed by atoms with van der Waals surface area (Å²) in [6.07, 6.45) is 6.80. The molecule has 1 aromatic rings. The Morgan fingerprint density at radius 2 is 1.47 bits per heavy atom. The number of hydrogen-bond donors (Lipinski definition) is 1. The van der Waals surface area contributed by atoms with Crippen LogP contribution in [0.1, 0.15) is 54.8 Å². The third-order valence-electron chi connectivity index (χ3n) is 4.18. The largest absolute Gasteiger partial charge is 0.329 e. The molecule has 1 fully saturated rings. The van der Waals surface area contributed by atoms with Crippen molar-refractivity contribution in [3.63, 3.8) is 0 Å². The monoisotopic (exact) mass is 260 g/mol. The van der Waals surface area contributed by atoms with E-state index >= 15 is 0 Å². The molecule has 2 heteroatoms. The van der Waals surface area contributed by atoms with E-state index in [4.69, 9.17) is 5.73 Å². The van der Waals surface area contributed by atoms with Crippen LogP contribution in [-0.4, -0.2) is 24.5 Å². The Balaban J connectivity index is 2.16. The van der Waals surface area contributed by atoms with Gasteiger partial charge in [0.25, 0.3) is 0 Å². The summed E-state index contributed by atoms with van der Waals surface area (Å²) in [7, 11) is 0. The van der Waals surface area contributed by atoms with E-state index < -0.39 is 0 Å². The summed E-state index contributed by atoms with van der Waals surface area (Å²) in [5.74, 6) is 0. The molecule has 106 valence electrons. The molecule has 1 aromatic carbocycles. The highest BCUT2D eigenvalue weighted by molar-refractivity contribution is 5.31. The lowest BCUT2D eigenvalue weighted by atomic mass is 9.98. The number of hydrogen-bond acceptors (Lipinski definition) is 2. The molecule has 2 nitrogen and oxygen atoms in total. The summed E-state index contributed by atoms with van der Waals surface area (Å²) < 4.78 is 0. The van der Waals surface area contributed by atoms with Gasteiger partial charge in [0, 0.05) is 12.6 Å². The summed E-state index contributed by atoms with van der Waals surface area (Å²) in [5.41, 5.74) is 10.2. The van der Waals surface area contributed by atoms with Gasteiger partial charge in [-0.05, 0) is 45.3 Å². The van der Waals surface area contributed by atoms with Gasteiger partial charge in [0.05, 0.1) is 0 Å². The number of nitrogens with two attached hydrogens (primary N) is 1. The van der Waals surface area contributed by atoms with Crippen molar-refractivity contribution in [2.24, 2.45) is 5.73 Å². The first-order valence-corrected chi connectivity index (χ1v) is 7.73. The third kappa shape index (κ3) is 4.05. The van der Waals surface area contributed by atoms with Crippen LogP contribution in [0.5, 0.6) is 0 Å². The Labute approximate surface area is 118 Å². The molecule has 0 radical (unpaired) electrons. The van der Waals surface area contributed by atoms with Crippen LogP contribution >= 0.6 is 0 Å². The highest BCUT2D eigenvalue weighted by Gasteiger charge is 2.19. The quantitative estimate of drug-likeness (QED) is 0.900. The van der Waals surface area contributed by atoms with E-state index in [0.717, 1.165) is 6.54 Å². The fourth-order valence-electron chi connectivity index (χ4n) is 3.28. The van der Waals surface area contributed by atoms with Gasteiger partial charge in [0.2, 0.25) is 0 Å². The third-order valence-corrected chi connectivity index (χ3v) is 4.18. The van der Waals surface area contributed by atoms with Crippen molar-refractivity contribution in [1.82, 2.24) is 4.90 Å². The Hall–Kier alpha value is -0.860. The van der Waals surface area contributed by atoms with Gasteiger partial charge in [-0.3, -0.25) is 4.90 Å². The van der Waals surface area contributed by atoms with Crippen molar-refractivity contribution in [2.45, 2.75) is 52.0 Å². The number of benzene rings is 1. The molecule has 1 unspecified atom stereocenters. The summed E-state index contributed by atoms with van der Waals surface area (Å²) in [6.45, 7) is 7.49. The molecule has 2 rings (SSSR count). The molecule has 0 aliphatic carbocycles. The minimum atomic E-state index is 0.400. The molecule has 1 heterocycles. The predicted molar refractivity (Wildman–Crippen MR) is 82.4 cm³/mol. The Morgan fingerprint density at radius 1 is 0.947 bits per heavy atom.